The largest absolute Gasteiger partial charge is 0.356 e. The third-order valence-electron chi connectivity index (χ3n) is 4.68. The Bertz CT molecular complexity index is 740. The lowest BCUT2D eigenvalue weighted by Gasteiger charge is -2.31. The molecule has 0 unspecified atom stereocenters. The summed E-state index contributed by atoms with van der Waals surface area (Å²) in [5.74, 6) is 0.0452. The molecular weight excluding hydrogens is 352 g/mol. The lowest BCUT2D eigenvalue weighted by Crippen LogP contribution is -2.43. The van der Waals surface area contributed by atoms with Crippen molar-refractivity contribution in [3.8, 4) is 0 Å². The molecule has 1 aromatic heterocycles. The van der Waals surface area contributed by atoms with Crippen LogP contribution in [0.15, 0.2) is 43.0 Å². The predicted octanol–water partition coefficient (Wildman–Crippen LogP) is 2.60. The summed E-state index contributed by atoms with van der Waals surface area (Å²) in [4.78, 5) is 30.6. The highest BCUT2D eigenvalue weighted by atomic mass is 35.5. The number of carbonyl (C=O) groups is 2. The van der Waals surface area contributed by atoms with E-state index in [2.05, 4.69) is 10.3 Å². The molecule has 0 atom stereocenters. The zero-order valence-corrected chi connectivity index (χ0v) is 15.4. The van der Waals surface area contributed by atoms with Gasteiger partial charge in [0.15, 0.2) is 0 Å². The molecule has 1 aromatic carbocycles. The number of nitrogens with zero attached hydrogens (tertiary/aromatic N) is 3. The summed E-state index contributed by atoms with van der Waals surface area (Å²) in [5, 5.41) is 3.56. The minimum absolute atomic E-state index is 0.0216. The number of aryl methyl sites for hydroxylation is 1. The van der Waals surface area contributed by atoms with Crippen LogP contribution in [0.3, 0.4) is 0 Å². The van der Waals surface area contributed by atoms with E-state index in [1.807, 2.05) is 10.8 Å². The van der Waals surface area contributed by atoms with Gasteiger partial charge in [0, 0.05) is 55.1 Å². The van der Waals surface area contributed by atoms with Crippen molar-refractivity contribution < 1.29 is 9.59 Å². The number of aromatic nitrogens is 2. The average molecular weight is 375 g/mol. The molecule has 1 N–H and O–H groups in total. The molecule has 0 spiro atoms. The lowest BCUT2D eigenvalue weighted by atomic mass is 9.95. The van der Waals surface area contributed by atoms with E-state index in [9.17, 15) is 9.59 Å². The average Bonchev–Trinajstić information content (AvgIpc) is 3.18. The highest BCUT2D eigenvalue weighted by molar-refractivity contribution is 6.30. The van der Waals surface area contributed by atoms with Gasteiger partial charge in [-0.25, -0.2) is 4.98 Å². The standard InChI is InChI=1S/C19H23ClN4O2/c20-17-4-1-3-16(13-17)19(26)24-10-5-15(6-11-24)18(25)22-7-2-9-23-12-8-21-14-23/h1,3-4,8,12-15H,2,5-7,9-11H2,(H,22,25). The van der Waals surface area contributed by atoms with Gasteiger partial charge in [-0.1, -0.05) is 17.7 Å². The second kappa shape index (κ2) is 8.85. The van der Waals surface area contributed by atoms with Crippen LogP contribution >= 0.6 is 11.6 Å². The van der Waals surface area contributed by atoms with Gasteiger partial charge in [0.1, 0.15) is 0 Å². The molecule has 1 fully saturated rings. The van der Waals surface area contributed by atoms with E-state index in [1.54, 1.807) is 41.7 Å². The molecule has 138 valence electrons. The van der Waals surface area contributed by atoms with Gasteiger partial charge < -0.3 is 14.8 Å². The number of imidazole rings is 1. The second-order valence-corrected chi connectivity index (χ2v) is 6.96. The summed E-state index contributed by atoms with van der Waals surface area (Å²) in [7, 11) is 0. The summed E-state index contributed by atoms with van der Waals surface area (Å²) < 4.78 is 1.99. The van der Waals surface area contributed by atoms with Gasteiger partial charge in [-0.3, -0.25) is 9.59 Å². The van der Waals surface area contributed by atoms with E-state index in [1.165, 1.54) is 0 Å². The fourth-order valence-electron chi connectivity index (χ4n) is 3.19. The minimum Gasteiger partial charge on any atom is -0.356 e. The molecule has 0 aliphatic carbocycles. The van der Waals surface area contributed by atoms with E-state index in [0.29, 0.717) is 43.1 Å². The molecule has 1 aliphatic heterocycles. The number of likely N-dealkylation sites (tertiary alicyclic amines) is 1. The van der Waals surface area contributed by atoms with Gasteiger partial charge >= 0.3 is 0 Å². The molecule has 0 radical (unpaired) electrons. The molecule has 0 saturated carbocycles. The number of benzene rings is 1. The Hall–Kier alpha value is -2.34. The van der Waals surface area contributed by atoms with E-state index < -0.39 is 0 Å². The van der Waals surface area contributed by atoms with Gasteiger partial charge in [-0.2, -0.15) is 0 Å². The first-order valence-electron chi connectivity index (χ1n) is 8.92. The van der Waals surface area contributed by atoms with E-state index in [0.717, 1.165) is 13.0 Å². The number of amides is 2. The number of piperidine rings is 1. The Kier molecular flexibility index (Phi) is 6.28. The summed E-state index contributed by atoms with van der Waals surface area (Å²) in [6, 6.07) is 6.98. The molecule has 2 amide bonds. The van der Waals surface area contributed by atoms with Gasteiger partial charge in [0.2, 0.25) is 5.91 Å². The lowest BCUT2D eigenvalue weighted by molar-refractivity contribution is -0.126. The summed E-state index contributed by atoms with van der Waals surface area (Å²) in [6.45, 7) is 2.68. The number of carbonyl (C=O) groups excluding carboxylic acids is 2. The predicted molar refractivity (Wildman–Crippen MR) is 99.9 cm³/mol. The Balaban J connectivity index is 1.40. The summed E-state index contributed by atoms with van der Waals surface area (Å²) in [5.41, 5.74) is 0.597. The fourth-order valence-corrected chi connectivity index (χ4v) is 3.38. The maximum atomic E-state index is 12.5. The molecular formula is C19H23ClN4O2. The number of rotatable bonds is 6. The summed E-state index contributed by atoms with van der Waals surface area (Å²) >= 11 is 5.96. The fraction of sp³-hybridized carbons (Fsp3) is 0.421. The zero-order chi connectivity index (χ0) is 18.4. The Morgan fingerprint density at radius 1 is 1.27 bits per heavy atom. The second-order valence-electron chi connectivity index (χ2n) is 6.52. The van der Waals surface area contributed by atoms with Crippen molar-refractivity contribution >= 4 is 23.4 Å². The molecule has 1 aliphatic rings. The van der Waals surface area contributed by atoms with Crippen LogP contribution in [0.2, 0.25) is 5.02 Å². The first kappa shape index (κ1) is 18.5. The third kappa shape index (κ3) is 4.85. The third-order valence-corrected chi connectivity index (χ3v) is 4.91. The molecule has 1 saturated heterocycles. The molecule has 2 aromatic rings. The highest BCUT2D eigenvalue weighted by Crippen LogP contribution is 2.20. The van der Waals surface area contributed by atoms with Gasteiger partial charge in [0.05, 0.1) is 6.33 Å². The SMILES string of the molecule is O=C(NCCCn1ccnc1)C1CCN(C(=O)c2cccc(Cl)c2)CC1. The Labute approximate surface area is 158 Å². The molecule has 3 rings (SSSR count). The van der Waals surface area contributed by atoms with Crippen LogP contribution in [0.4, 0.5) is 0 Å². The first-order valence-corrected chi connectivity index (χ1v) is 9.29. The van der Waals surface area contributed by atoms with Crippen LogP contribution < -0.4 is 5.32 Å². The van der Waals surface area contributed by atoms with Crippen molar-refractivity contribution in [2.45, 2.75) is 25.8 Å². The van der Waals surface area contributed by atoms with Crippen molar-refractivity contribution in [1.29, 1.82) is 0 Å². The molecule has 6 nitrogen and oxygen atoms in total. The van der Waals surface area contributed by atoms with Crippen molar-refractivity contribution in [3.05, 3.63) is 53.6 Å². The van der Waals surface area contributed by atoms with Crippen LogP contribution in [0.1, 0.15) is 29.6 Å². The Morgan fingerprint density at radius 2 is 2.08 bits per heavy atom. The number of hydrogen-bond donors (Lipinski definition) is 1. The minimum atomic E-state index is -0.0216. The molecule has 26 heavy (non-hydrogen) atoms. The Morgan fingerprint density at radius 3 is 2.77 bits per heavy atom. The van der Waals surface area contributed by atoms with E-state index >= 15 is 0 Å². The first-order chi connectivity index (χ1) is 12.6. The zero-order valence-electron chi connectivity index (χ0n) is 14.6. The molecule has 7 heteroatoms. The van der Waals surface area contributed by atoms with E-state index in [4.69, 9.17) is 11.6 Å². The highest BCUT2D eigenvalue weighted by Gasteiger charge is 2.27. The van der Waals surface area contributed by atoms with Crippen LogP contribution in [0, 0.1) is 5.92 Å². The number of hydrogen-bond acceptors (Lipinski definition) is 3. The van der Waals surface area contributed by atoms with Crippen LogP contribution in [-0.4, -0.2) is 45.9 Å². The smallest absolute Gasteiger partial charge is 0.253 e. The topological polar surface area (TPSA) is 67.2 Å². The van der Waals surface area contributed by atoms with Crippen molar-refractivity contribution in [2.75, 3.05) is 19.6 Å². The maximum Gasteiger partial charge on any atom is 0.253 e. The van der Waals surface area contributed by atoms with Crippen LogP contribution in [0.5, 0.6) is 0 Å². The van der Waals surface area contributed by atoms with Crippen molar-refractivity contribution in [2.24, 2.45) is 5.92 Å². The quantitative estimate of drug-likeness (QED) is 0.790. The van der Waals surface area contributed by atoms with Gasteiger partial charge in [0.25, 0.3) is 5.91 Å². The summed E-state index contributed by atoms with van der Waals surface area (Å²) in [6.07, 6.45) is 7.69. The van der Waals surface area contributed by atoms with E-state index in [-0.39, 0.29) is 17.7 Å². The van der Waals surface area contributed by atoms with Crippen LogP contribution in [0.25, 0.3) is 0 Å². The van der Waals surface area contributed by atoms with Crippen molar-refractivity contribution in [1.82, 2.24) is 19.8 Å². The number of nitrogens with one attached hydrogen (secondary N) is 1. The molecule has 0 bridgehead atoms. The van der Waals surface area contributed by atoms with Gasteiger partial charge in [-0.15, -0.1) is 0 Å². The number of halogens is 1. The van der Waals surface area contributed by atoms with Crippen LogP contribution in [-0.2, 0) is 11.3 Å². The molecule has 2 heterocycles. The normalized spacial score (nSPS) is 15.0. The van der Waals surface area contributed by atoms with Crippen molar-refractivity contribution in [3.63, 3.8) is 0 Å². The maximum absolute atomic E-state index is 12.5. The van der Waals surface area contributed by atoms with Gasteiger partial charge in [-0.05, 0) is 37.5 Å². The monoisotopic (exact) mass is 374 g/mol.